The van der Waals surface area contributed by atoms with Crippen molar-refractivity contribution in [2.24, 2.45) is 5.92 Å². The Bertz CT molecular complexity index is 147. The monoisotopic (exact) mass is 157 g/mol. The highest BCUT2D eigenvalue weighted by Crippen LogP contribution is 2.17. The molecule has 0 aromatic carbocycles. The minimum atomic E-state index is -0.115. The largest absolute Gasteiger partial charge is 0.469 e. The number of nitrogens with one attached hydrogen (secondary N) is 1. The lowest BCUT2D eigenvalue weighted by Gasteiger charge is -2.13. The van der Waals surface area contributed by atoms with E-state index >= 15 is 0 Å². The van der Waals surface area contributed by atoms with Crippen molar-refractivity contribution in [2.75, 3.05) is 13.7 Å². The minimum Gasteiger partial charge on any atom is -0.469 e. The Morgan fingerprint density at radius 2 is 2.45 bits per heavy atom. The number of ether oxygens (including phenoxy) is 1. The van der Waals surface area contributed by atoms with E-state index in [1.807, 2.05) is 0 Å². The van der Waals surface area contributed by atoms with Crippen LogP contribution in [0.3, 0.4) is 0 Å². The topological polar surface area (TPSA) is 38.3 Å². The molecule has 0 aliphatic carbocycles. The molecule has 3 heteroatoms. The lowest BCUT2D eigenvalue weighted by atomic mass is 10.0. The van der Waals surface area contributed by atoms with Crippen molar-refractivity contribution in [3.05, 3.63) is 0 Å². The van der Waals surface area contributed by atoms with Crippen LogP contribution in [0.25, 0.3) is 0 Å². The molecule has 2 unspecified atom stereocenters. The Morgan fingerprint density at radius 3 is 2.91 bits per heavy atom. The molecule has 1 aliphatic heterocycles. The summed E-state index contributed by atoms with van der Waals surface area (Å²) in [5.41, 5.74) is 0. The molecular formula is C8H15NO2. The molecule has 11 heavy (non-hydrogen) atoms. The van der Waals surface area contributed by atoms with E-state index in [9.17, 15) is 4.79 Å². The number of esters is 1. The number of hydrogen-bond acceptors (Lipinski definition) is 3. The predicted octanol–water partition coefficient (Wildman–Crippen LogP) is 0.547. The van der Waals surface area contributed by atoms with Gasteiger partial charge in [0.25, 0.3) is 0 Å². The fourth-order valence-electron chi connectivity index (χ4n) is 1.44. The Balaban J connectivity index is 2.30. The van der Waals surface area contributed by atoms with Crippen molar-refractivity contribution in [3.63, 3.8) is 0 Å². The standard InChI is InChI=1S/C8H15NO2/c1-6-3-4-9-7(6)5-8(10)11-2/h6-7,9H,3-5H2,1-2H3. The van der Waals surface area contributed by atoms with Gasteiger partial charge in [0, 0.05) is 6.04 Å². The van der Waals surface area contributed by atoms with Crippen molar-refractivity contribution >= 4 is 5.97 Å². The maximum Gasteiger partial charge on any atom is 0.307 e. The molecule has 64 valence electrons. The van der Waals surface area contributed by atoms with Gasteiger partial charge in [-0.25, -0.2) is 0 Å². The summed E-state index contributed by atoms with van der Waals surface area (Å²) in [5, 5.41) is 3.27. The first-order chi connectivity index (χ1) is 5.24. The summed E-state index contributed by atoms with van der Waals surface area (Å²) in [7, 11) is 1.43. The average molecular weight is 157 g/mol. The van der Waals surface area contributed by atoms with Gasteiger partial charge in [-0.05, 0) is 18.9 Å². The maximum atomic E-state index is 10.9. The Morgan fingerprint density at radius 1 is 1.73 bits per heavy atom. The van der Waals surface area contributed by atoms with E-state index in [1.54, 1.807) is 0 Å². The van der Waals surface area contributed by atoms with Crippen LogP contribution in [-0.4, -0.2) is 25.7 Å². The molecule has 2 atom stereocenters. The van der Waals surface area contributed by atoms with E-state index in [-0.39, 0.29) is 5.97 Å². The summed E-state index contributed by atoms with van der Waals surface area (Å²) in [5.74, 6) is 0.491. The van der Waals surface area contributed by atoms with Gasteiger partial charge in [-0.1, -0.05) is 6.92 Å². The second-order valence-corrected chi connectivity index (χ2v) is 3.11. The summed E-state index contributed by atoms with van der Waals surface area (Å²) in [4.78, 5) is 10.9. The molecule has 1 rings (SSSR count). The van der Waals surface area contributed by atoms with E-state index in [1.165, 1.54) is 13.5 Å². The second-order valence-electron chi connectivity index (χ2n) is 3.11. The Labute approximate surface area is 67.1 Å². The van der Waals surface area contributed by atoms with Gasteiger partial charge in [0.15, 0.2) is 0 Å². The number of hydrogen-bond donors (Lipinski definition) is 1. The summed E-state index contributed by atoms with van der Waals surface area (Å²) in [6, 6.07) is 0.336. The van der Waals surface area contributed by atoms with Gasteiger partial charge >= 0.3 is 5.97 Å². The number of carbonyl (C=O) groups excluding carboxylic acids is 1. The van der Waals surface area contributed by atoms with Gasteiger partial charge in [-0.15, -0.1) is 0 Å². The van der Waals surface area contributed by atoms with Gasteiger partial charge in [0.1, 0.15) is 0 Å². The summed E-state index contributed by atoms with van der Waals surface area (Å²) in [6.07, 6.45) is 1.68. The zero-order valence-corrected chi connectivity index (χ0v) is 7.09. The van der Waals surface area contributed by atoms with E-state index in [0.29, 0.717) is 18.4 Å². The van der Waals surface area contributed by atoms with Crippen molar-refractivity contribution in [1.82, 2.24) is 5.32 Å². The molecule has 1 N–H and O–H groups in total. The van der Waals surface area contributed by atoms with E-state index < -0.39 is 0 Å². The third-order valence-electron chi connectivity index (χ3n) is 2.31. The number of carbonyl (C=O) groups is 1. The lowest BCUT2D eigenvalue weighted by Crippen LogP contribution is -2.28. The van der Waals surface area contributed by atoms with Gasteiger partial charge in [-0.3, -0.25) is 4.79 Å². The van der Waals surface area contributed by atoms with Crippen LogP contribution in [0.4, 0.5) is 0 Å². The summed E-state index contributed by atoms with van der Waals surface area (Å²) in [6.45, 7) is 3.19. The quantitative estimate of drug-likeness (QED) is 0.595. The van der Waals surface area contributed by atoms with Crippen molar-refractivity contribution in [2.45, 2.75) is 25.8 Å². The van der Waals surface area contributed by atoms with Crippen molar-refractivity contribution in [1.29, 1.82) is 0 Å². The molecule has 0 radical (unpaired) electrons. The maximum absolute atomic E-state index is 10.9. The number of rotatable bonds is 2. The average Bonchev–Trinajstić information content (AvgIpc) is 2.37. The third kappa shape index (κ3) is 2.19. The highest BCUT2D eigenvalue weighted by Gasteiger charge is 2.24. The Kier molecular flexibility index (Phi) is 2.88. The zero-order valence-electron chi connectivity index (χ0n) is 7.09. The molecule has 0 aromatic rings. The fraction of sp³-hybridized carbons (Fsp3) is 0.875. The van der Waals surface area contributed by atoms with Crippen LogP contribution >= 0.6 is 0 Å². The van der Waals surface area contributed by atoms with Crippen LogP contribution in [0.2, 0.25) is 0 Å². The van der Waals surface area contributed by atoms with Crippen molar-refractivity contribution in [3.8, 4) is 0 Å². The fourth-order valence-corrected chi connectivity index (χ4v) is 1.44. The minimum absolute atomic E-state index is 0.115. The number of methoxy groups -OCH3 is 1. The Hall–Kier alpha value is -0.570. The first-order valence-electron chi connectivity index (χ1n) is 4.04. The van der Waals surface area contributed by atoms with E-state index in [0.717, 1.165) is 6.54 Å². The highest BCUT2D eigenvalue weighted by molar-refractivity contribution is 5.70. The first kappa shape index (κ1) is 8.53. The molecular weight excluding hydrogens is 142 g/mol. The molecule has 1 saturated heterocycles. The van der Waals surface area contributed by atoms with Crippen molar-refractivity contribution < 1.29 is 9.53 Å². The first-order valence-corrected chi connectivity index (χ1v) is 4.04. The van der Waals surface area contributed by atoms with Gasteiger partial charge in [-0.2, -0.15) is 0 Å². The molecule has 0 saturated carbocycles. The predicted molar refractivity (Wildman–Crippen MR) is 42.2 cm³/mol. The van der Waals surface area contributed by atoms with E-state index in [4.69, 9.17) is 0 Å². The van der Waals surface area contributed by atoms with Crippen LogP contribution in [-0.2, 0) is 9.53 Å². The van der Waals surface area contributed by atoms with Crippen LogP contribution < -0.4 is 5.32 Å². The summed E-state index contributed by atoms with van der Waals surface area (Å²) < 4.78 is 4.58. The second kappa shape index (κ2) is 3.72. The van der Waals surface area contributed by atoms with Crippen LogP contribution in [0.1, 0.15) is 19.8 Å². The summed E-state index contributed by atoms with van der Waals surface area (Å²) >= 11 is 0. The van der Waals surface area contributed by atoms with Gasteiger partial charge in [0.05, 0.1) is 13.5 Å². The zero-order chi connectivity index (χ0) is 8.27. The highest BCUT2D eigenvalue weighted by atomic mass is 16.5. The SMILES string of the molecule is COC(=O)CC1NCCC1C. The third-order valence-corrected chi connectivity index (χ3v) is 2.31. The molecule has 1 aliphatic rings. The van der Waals surface area contributed by atoms with Crippen LogP contribution in [0.15, 0.2) is 0 Å². The van der Waals surface area contributed by atoms with Crippen LogP contribution in [0, 0.1) is 5.92 Å². The molecule has 0 amide bonds. The normalized spacial score (nSPS) is 30.4. The van der Waals surface area contributed by atoms with Gasteiger partial charge < -0.3 is 10.1 Å². The van der Waals surface area contributed by atoms with Crippen LogP contribution in [0.5, 0.6) is 0 Å². The molecule has 1 heterocycles. The lowest BCUT2D eigenvalue weighted by molar-refractivity contribution is -0.141. The van der Waals surface area contributed by atoms with Gasteiger partial charge in [0.2, 0.25) is 0 Å². The van der Waals surface area contributed by atoms with E-state index in [2.05, 4.69) is 17.0 Å². The molecule has 0 bridgehead atoms. The smallest absolute Gasteiger partial charge is 0.307 e. The molecule has 0 aromatic heterocycles. The molecule has 1 fully saturated rings. The molecule has 3 nitrogen and oxygen atoms in total. The molecule has 0 spiro atoms.